The molecule has 16 heteroatoms. The quantitative estimate of drug-likeness (QED) is 0.0293. The molecule has 1 atom stereocenters. The van der Waals surface area contributed by atoms with E-state index >= 15 is 0 Å². The predicted molar refractivity (Wildman–Crippen MR) is 350 cm³/mol. The van der Waals surface area contributed by atoms with Crippen LogP contribution in [0.4, 0.5) is 0 Å². The topological polar surface area (TPSA) is 163 Å². The molecule has 1 N–H and O–H groups in total. The molecule has 0 aliphatic rings. The van der Waals surface area contributed by atoms with Crippen molar-refractivity contribution < 1.29 is 19.1 Å². The van der Waals surface area contributed by atoms with Gasteiger partial charge < -0.3 is 4.74 Å². The Hall–Kier alpha value is -4.97. The molecule has 4 aromatic carbocycles. The molecule has 0 saturated heterocycles. The summed E-state index contributed by atoms with van der Waals surface area (Å²) in [4.78, 5) is 39.9. The van der Waals surface area contributed by atoms with Gasteiger partial charge in [-0.2, -0.15) is 0 Å². The standard InChI is InChI=1S/C25H30N5O3.C19H21N5O.6C4H9.2Sn/c1-5-6-11-22(31)30(23(17(2)3)25(32)33-4)16-18-12-14-19(15-13-18)20-9-7-8-10-21(20)24-26-28-29-27-24;1-2-3-8-18(25)20-13-14-9-11-15(12-10-14)16-6-4-5-7-17(16)19-21-23-24-22-19;6*1-3-4-2;;/h7-10,12-15,17,23H,5-6,11,16H2,1-4H3;4-7,9-12H,2-3,8,13H2,1H3,(H2,20,21,22,23,24,25);6*1,3-4H2,2H3;;/q-1;;;;;;;;2*+1/p-1/t23-;;;;;;;;;/m0........./s1. The Morgan fingerprint density at radius 2 is 0.869 bits per heavy atom. The Morgan fingerprint density at radius 3 is 1.24 bits per heavy atom. The first kappa shape index (κ1) is 69.8. The maximum absolute atomic E-state index is 13.3. The second kappa shape index (κ2) is 37.6. The van der Waals surface area contributed by atoms with Crippen LogP contribution in [0.5, 0.6) is 0 Å². The van der Waals surface area contributed by atoms with Gasteiger partial charge >= 0.3 is 448 Å². The summed E-state index contributed by atoms with van der Waals surface area (Å²) in [6.07, 6.45) is 19.4. The zero-order valence-corrected chi connectivity index (χ0v) is 59.1. The van der Waals surface area contributed by atoms with Crippen LogP contribution in [-0.2, 0) is 32.2 Å². The van der Waals surface area contributed by atoms with Crippen LogP contribution < -0.4 is 5.32 Å². The summed E-state index contributed by atoms with van der Waals surface area (Å²) < 4.78 is 17.6. The number of carbonyl (C=O) groups excluding carboxylic acids is 3. The van der Waals surface area contributed by atoms with Crippen LogP contribution in [0.3, 0.4) is 0 Å². The first-order chi connectivity index (χ1) is 40.8. The molecule has 0 aliphatic carbocycles. The fourth-order valence-corrected chi connectivity index (χ4v) is 41.8. The molecule has 2 heterocycles. The number of tetrazole rings is 2. The van der Waals surface area contributed by atoms with E-state index in [0.29, 0.717) is 25.9 Å². The summed E-state index contributed by atoms with van der Waals surface area (Å²) in [5.41, 5.74) is 8.72. The van der Waals surface area contributed by atoms with Gasteiger partial charge in [-0.3, -0.25) is 0 Å². The molecule has 84 heavy (non-hydrogen) atoms. The van der Waals surface area contributed by atoms with Crippen molar-refractivity contribution in [1.29, 1.82) is 0 Å². The number of nitrogens with one attached hydrogen (secondary N) is 1. The SMILES string of the molecule is CCCCC(=O)N(Cc1ccc(-c2ccccc2-c2nnn[n]2[Sn]([CH2]CCC)([CH2]CCC)[CH2]CCC)cc1)[C@H](C(=O)OC)C(C)C.CCCCC(=O)NCc1ccc(-c2ccccc2-c2nnn[n]2[Sn]([CH2]CCC)([CH2]CCC)[CH2]CCC)cc1. The minimum absolute atomic E-state index is 0.0174. The number of hydrogen-bond donors (Lipinski definition) is 1. The van der Waals surface area contributed by atoms with E-state index in [0.717, 1.165) is 81.8 Å². The average Bonchev–Trinajstić information content (AvgIpc) is 4.44. The van der Waals surface area contributed by atoms with E-state index in [1.165, 1.54) is 111 Å². The number of methoxy groups -OCH3 is 1. The molecular weight excluding hydrogens is 1260 g/mol. The van der Waals surface area contributed by atoms with Gasteiger partial charge in [0.05, 0.1) is 7.11 Å². The van der Waals surface area contributed by atoms with Crippen LogP contribution in [-0.4, -0.2) is 110 Å². The van der Waals surface area contributed by atoms with E-state index in [1.807, 2.05) is 13.8 Å². The molecule has 0 bridgehead atoms. The number of unbranched alkanes of at least 4 members (excludes halogenated alkanes) is 8. The number of rotatable bonds is 37. The van der Waals surface area contributed by atoms with Crippen LogP contribution in [0, 0.1) is 5.92 Å². The zero-order chi connectivity index (χ0) is 60.7. The van der Waals surface area contributed by atoms with Gasteiger partial charge in [-0.15, -0.1) is 0 Å². The number of carbonyl (C=O) groups is 3. The Balaban J connectivity index is 0.000000313. The first-order valence-electron chi connectivity index (χ1n) is 32.4. The van der Waals surface area contributed by atoms with E-state index in [2.05, 4.69) is 179 Å². The summed E-state index contributed by atoms with van der Waals surface area (Å²) in [5.74, 6) is 1.52. The number of amides is 2. The van der Waals surface area contributed by atoms with Gasteiger partial charge in [-0.05, 0) is 12.8 Å². The van der Waals surface area contributed by atoms with Crippen LogP contribution in [0.15, 0.2) is 97.1 Å². The predicted octanol–water partition coefficient (Wildman–Crippen LogP) is 16.9. The van der Waals surface area contributed by atoms with Crippen molar-refractivity contribution >= 4 is 55.1 Å². The van der Waals surface area contributed by atoms with E-state index in [4.69, 9.17) is 20.3 Å². The Morgan fingerprint density at radius 1 is 0.500 bits per heavy atom. The number of ether oxygens (including phenoxy) is 1. The molecule has 0 radical (unpaired) electrons. The molecule has 0 saturated carbocycles. The monoisotopic (exact) mass is 1360 g/mol. The van der Waals surface area contributed by atoms with Gasteiger partial charge in [0, 0.05) is 0 Å². The molecule has 14 nitrogen and oxygen atoms in total. The van der Waals surface area contributed by atoms with Gasteiger partial charge in [0.1, 0.15) is 0 Å². The van der Waals surface area contributed by atoms with Gasteiger partial charge in [0.25, 0.3) is 0 Å². The zero-order valence-electron chi connectivity index (χ0n) is 53.4. The number of esters is 1. The second-order valence-electron chi connectivity index (χ2n) is 23.6. The summed E-state index contributed by atoms with van der Waals surface area (Å²) in [5, 5.41) is 30.5. The molecular formula is C68H104N10O4Sn2. The molecule has 2 aromatic heterocycles. The molecule has 6 rings (SSSR count). The molecule has 0 spiro atoms. The third kappa shape index (κ3) is 19.8. The van der Waals surface area contributed by atoms with Crippen LogP contribution in [0.2, 0.25) is 26.6 Å². The third-order valence-corrected chi connectivity index (χ3v) is 45.6. The molecule has 0 fully saturated rings. The fraction of sp³-hybridized carbons (Fsp3) is 0.574. The average molecular weight is 1360 g/mol. The fourth-order valence-electron chi connectivity index (χ4n) is 11.7. The van der Waals surface area contributed by atoms with Crippen molar-refractivity contribution in [3.8, 4) is 45.0 Å². The molecule has 2 amide bonds. The normalized spacial score (nSPS) is 12.0. The van der Waals surface area contributed by atoms with E-state index in [9.17, 15) is 14.4 Å². The van der Waals surface area contributed by atoms with Crippen molar-refractivity contribution in [3.05, 3.63) is 108 Å². The Bertz CT molecular complexity index is 2810. The number of nitrogens with zero attached hydrogens (tertiary/aromatic N) is 9. The van der Waals surface area contributed by atoms with Crippen LogP contribution in [0.1, 0.15) is 196 Å². The molecule has 0 aliphatic heterocycles. The van der Waals surface area contributed by atoms with Gasteiger partial charge in [-0.25, -0.2) is 4.79 Å². The van der Waals surface area contributed by atoms with Gasteiger partial charge in [0.2, 0.25) is 0 Å². The van der Waals surface area contributed by atoms with Crippen LogP contribution in [0.25, 0.3) is 45.0 Å². The van der Waals surface area contributed by atoms with Crippen LogP contribution >= 0.6 is 0 Å². The third-order valence-electron chi connectivity index (χ3n) is 16.8. The summed E-state index contributed by atoms with van der Waals surface area (Å²) >= 11 is -5.87. The van der Waals surface area contributed by atoms with Crippen molar-refractivity contribution in [2.45, 2.75) is 231 Å². The van der Waals surface area contributed by atoms with Gasteiger partial charge in [0.15, 0.2) is 0 Å². The van der Waals surface area contributed by atoms with Gasteiger partial charge in [-0.1, -0.05) is 40.5 Å². The second-order valence-corrected chi connectivity index (χ2v) is 48.6. The number of benzene rings is 4. The van der Waals surface area contributed by atoms with E-state index < -0.39 is 43.3 Å². The van der Waals surface area contributed by atoms with E-state index in [-0.39, 0.29) is 23.7 Å². The van der Waals surface area contributed by atoms with Crippen molar-refractivity contribution in [2.24, 2.45) is 5.92 Å². The molecule has 458 valence electrons. The summed E-state index contributed by atoms with van der Waals surface area (Å²) in [6, 6.07) is 33.3. The van der Waals surface area contributed by atoms with E-state index in [1.54, 1.807) is 4.90 Å². The molecule has 6 aromatic rings. The van der Waals surface area contributed by atoms with Crippen molar-refractivity contribution in [1.82, 2.24) is 47.1 Å². The number of aromatic nitrogens is 8. The van der Waals surface area contributed by atoms with Crippen molar-refractivity contribution in [3.63, 3.8) is 0 Å². The maximum atomic E-state index is 13.3. The minimum atomic E-state index is -2.98. The van der Waals surface area contributed by atoms with Crippen molar-refractivity contribution in [2.75, 3.05) is 7.11 Å². The number of hydrogen-bond acceptors (Lipinski definition) is 10. The molecule has 0 unspecified atom stereocenters. The first-order valence-corrected chi connectivity index (χ1v) is 47.1. The Labute approximate surface area is 514 Å². The summed E-state index contributed by atoms with van der Waals surface area (Å²) in [6.45, 7) is 22.8. The Kier molecular flexibility index (Phi) is 31.2. The summed E-state index contributed by atoms with van der Waals surface area (Å²) in [7, 11) is 1.39.